The van der Waals surface area contributed by atoms with Crippen molar-refractivity contribution >= 4 is 28.3 Å². The largest absolute Gasteiger partial charge is 0.478 e. The van der Waals surface area contributed by atoms with E-state index >= 15 is 0 Å². The summed E-state index contributed by atoms with van der Waals surface area (Å²) >= 11 is 1.15. The van der Waals surface area contributed by atoms with Crippen molar-refractivity contribution in [1.29, 1.82) is 0 Å². The minimum Gasteiger partial charge on any atom is -0.478 e. The highest BCUT2D eigenvalue weighted by Crippen LogP contribution is 2.22. The topological polar surface area (TPSA) is 78.4 Å². The van der Waals surface area contributed by atoms with E-state index < -0.39 is 12.0 Å². The van der Waals surface area contributed by atoms with Gasteiger partial charge >= 0.3 is 12.0 Å². The minimum absolute atomic E-state index is 0.0785. The van der Waals surface area contributed by atoms with Crippen molar-refractivity contribution in [2.45, 2.75) is 19.4 Å². The highest BCUT2D eigenvalue weighted by Gasteiger charge is 2.14. The lowest BCUT2D eigenvalue weighted by Gasteiger charge is -2.11. The lowest BCUT2D eigenvalue weighted by molar-refractivity contribution is 0.0698. The van der Waals surface area contributed by atoms with Crippen LogP contribution in [-0.4, -0.2) is 23.1 Å². The molecule has 0 spiro atoms. The van der Waals surface area contributed by atoms with Gasteiger partial charge in [-0.3, -0.25) is 5.32 Å². The van der Waals surface area contributed by atoms with E-state index in [2.05, 4.69) is 16.6 Å². The van der Waals surface area contributed by atoms with Gasteiger partial charge in [0.15, 0.2) is 0 Å². The molecule has 1 aromatic rings. The third kappa shape index (κ3) is 3.81. The van der Waals surface area contributed by atoms with Crippen LogP contribution in [0, 0.1) is 12.3 Å². The van der Waals surface area contributed by atoms with Crippen molar-refractivity contribution in [3.05, 3.63) is 17.0 Å². The molecule has 3 N–H and O–H groups in total. The number of thiophene rings is 1. The molecule has 90 valence electrons. The standard InChI is InChI=1S/C11H12N2O3S/c1-3-4-7(2)12-11(16)13-9-8(10(14)15)5-6-17-9/h1,5-7H,4H2,2H3,(H,14,15)(H2,12,13,16). The van der Waals surface area contributed by atoms with Crippen LogP contribution in [0.25, 0.3) is 0 Å². The molecule has 0 bridgehead atoms. The van der Waals surface area contributed by atoms with E-state index in [9.17, 15) is 9.59 Å². The molecule has 0 saturated heterocycles. The maximum absolute atomic E-state index is 11.5. The Morgan fingerprint density at radius 1 is 1.65 bits per heavy atom. The van der Waals surface area contributed by atoms with Gasteiger partial charge in [-0.05, 0) is 18.4 Å². The first-order valence-corrected chi connectivity index (χ1v) is 5.74. The molecule has 0 aromatic carbocycles. The van der Waals surface area contributed by atoms with Gasteiger partial charge < -0.3 is 10.4 Å². The highest BCUT2D eigenvalue weighted by atomic mass is 32.1. The number of amides is 2. The molecule has 2 amide bonds. The number of nitrogens with one attached hydrogen (secondary N) is 2. The number of terminal acetylenes is 1. The van der Waals surface area contributed by atoms with Crippen LogP contribution in [0.2, 0.25) is 0 Å². The van der Waals surface area contributed by atoms with Crippen LogP contribution in [0.4, 0.5) is 9.80 Å². The quantitative estimate of drug-likeness (QED) is 0.717. The molecule has 1 aromatic heterocycles. The number of hydrogen-bond donors (Lipinski definition) is 3. The normalized spacial score (nSPS) is 11.3. The van der Waals surface area contributed by atoms with Crippen LogP contribution in [0.3, 0.4) is 0 Å². The second-order valence-electron chi connectivity index (χ2n) is 3.38. The Labute approximate surface area is 103 Å². The van der Waals surface area contributed by atoms with Crippen LogP contribution in [0.1, 0.15) is 23.7 Å². The number of carboxylic acid groups (broad SMARTS) is 1. The fraction of sp³-hybridized carbons (Fsp3) is 0.273. The van der Waals surface area contributed by atoms with E-state index in [1.54, 1.807) is 12.3 Å². The Morgan fingerprint density at radius 2 is 2.35 bits per heavy atom. The molecule has 6 heteroatoms. The summed E-state index contributed by atoms with van der Waals surface area (Å²) in [4.78, 5) is 22.3. The van der Waals surface area contributed by atoms with Gasteiger partial charge in [0.05, 0.1) is 5.56 Å². The molecule has 17 heavy (non-hydrogen) atoms. The molecule has 1 unspecified atom stereocenters. The first kappa shape index (κ1) is 13.1. The molecule has 5 nitrogen and oxygen atoms in total. The number of urea groups is 1. The second-order valence-corrected chi connectivity index (χ2v) is 4.29. The Kier molecular flexibility index (Phi) is 4.55. The van der Waals surface area contributed by atoms with E-state index in [1.165, 1.54) is 6.07 Å². The molecule has 0 saturated carbocycles. The number of carbonyl (C=O) groups is 2. The van der Waals surface area contributed by atoms with Crippen LogP contribution in [0.5, 0.6) is 0 Å². The van der Waals surface area contributed by atoms with Gasteiger partial charge in [-0.1, -0.05) is 0 Å². The molecular weight excluding hydrogens is 240 g/mol. The summed E-state index contributed by atoms with van der Waals surface area (Å²) in [7, 11) is 0. The molecule has 1 rings (SSSR count). The lowest BCUT2D eigenvalue weighted by Crippen LogP contribution is -2.35. The lowest BCUT2D eigenvalue weighted by atomic mass is 10.2. The third-order valence-electron chi connectivity index (χ3n) is 1.92. The number of anilines is 1. The van der Waals surface area contributed by atoms with E-state index in [4.69, 9.17) is 11.5 Å². The average molecular weight is 252 g/mol. The molecule has 0 aliphatic heterocycles. The molecule has 1 heterocycles. The second kappa shape index (κ2) is 5.92. The molecular formula is C11H12N2O3S. The predicted molar refractivity (Wildman–Crippen MR) is 66.3 cm³/mol. The van der Waals surface area contributed by atoms with Gasteiger partial charge in [0.2, 0.25) is 0 Å². The van der Waals surface area contributed by atoms with Crippen molar-refractivity contribution in [3.63, 3.8) is 0 Å². The van der Waals surface area contributed by atoms with E-state index in [-0.39, 0.29) is 11.6 Å². The van der Waals surface area contributed by atoms with E-state index in [0.717, 1.165) is 11.3 Å². The zero-order chi connectivity index (χ0) is 12.8. The van der Waals surface area contributed by atoms with Gasteiger partial charge in [0.1, 0.15) is 5.00 Å². The van der Waals surface area contributed by atoms with Gasteiger partial charge in [-0.2, -0.15) is 0 Å². The summed E-state index contributed by atoms with van der Waals surface area (Å²) in [6.07, 6.45) is 5.53. The molecule has 0 radical (unpaired) electrons. The fourth-order valence-corrected chi connectivity index (χ4v) is 1.94. The number of carboxylic acids is 1. The Morgan fingerprint density at radius 3 is 2.94 bits per heavy atom. The number of rotatable bonds is 4. The third-order valence-corrected chi connectivity index (χ3v) is 2.75. The van der Waals surface area contributed by atoms with E-state index in [0.29, 0.717) is 11.4 Å². The smallest absolute Gasteiger partial charge is 0.338 e. The Bertz CT molecular complexity index is 462. The average Bonchev–Trinajstić information content (AvgIpc) is 2.65. The molecule has 1 atom stereocenters. The summed E-state index contributed by atoms with van der Waals surface area (Å²) in [5.41, 5.74) is 0.0785. The Balaban J connectivity index is 2.60. The summed E-state index contributed by atoms with van der Waals surface area (Å²) < 4.78 is 0. The number of aromatic carboxylic acids is 1. The molecule has 0 fully saturated rings. The molecule has 0 aliphatic rings. The van der Waals surface area contributed by atoms with Gasteiger partial charge in [-0.15, -0.1) is 23.7 Å². The van der Waals surface area contributed by atoms with Crippen LogP contribution < -0.4 is 10.6 Å². The SMILES string of the molecule is C#CCC(C)NC(=O)Nc1sccc1C(=O)O. The van der Waals surface area contributed by atoms with Crippen LogP contribution in [-0.2, 0) is 0 Å². The first-order valence-electron chi connectivity index (χ1n) is 4.86. The monoisotopic (exact) mass is 252 g/mol. The van der Waals surface area contributed by atoms with Crippen LogP contribution in [0.15, 0.2) is 11.4 Å². The zero-order valence-electron chi connectivity index (χ0n) is 9.19. The minimum atomic E-state index is -1.07. The predicted octanol–water partition coefficient (Wildman–Crippen LogP) is 1.98. The fourth-order valence-electron chi connectivity index (χ4n) is 1.17. The zero-order valence-corrected chi connectivity index (χ0v) is 10.0. The van der Waals surface area contributed by atoms with Crippen molar-refractivity contribution in [2.24, 2.45) is 0 Å². The first-order chi connectivity index (χ1) is 8.04. The molecule has 0 aliphatic carbocycles. The van der Waals surface area contributed by atoms with Crippen molar-refractivity contribution in [3.8, 4) is 12.3 Å². The highest BCUT2D eigenvalue weighted by molar-refractivity contribution is 7.14. The van der Waals surface area contributed by atoms with E-state index in [1.807, 2.05) is 0 Å². The van der Waals surface area contributed by atoms with Crippen LogP contribution >= 0.6 is 11.3 Å². The maximum Gasteiger partial charge on any atom is 0.338 e. The summed E-state index contributed by atoms with van der Waals surface area (Å²) in [6, 6.07) is 0.818. The summed E-state index contributed by atoms with van der Waals surface area (Å²) in [5.74, 6) is 1.36. The van der Waals surface area contributed by atoms with Gasteiger partial charge in [0, 0.05) is 12.5 Å². The van der Waals surface area contributed by atoms with Crippen molar-refractivity contribution < 1.29 is 14.7 Å². The summed E-state index contributed by atoms with van der Waals surface area (Å²) in [5, 5.41) is 15.8. The van der Waals surface area contributed by atoms with Gasteiger partial charge in [0.25, 0.3) is 0 Å². The van der Waals surface area contributed by atoms with Crippen molar-refractivity contribution in [2.75, 3.05) is 5.32 Å². The van der Waals surface area contributed by atoms with Gasteiger partial charge in [-0.25, -0.2) is 9.59 Å². The maximum atomic E-state index is 11.5. The number of carbonyl (C=O) groups excluding carboxylic acids is 1. The Hall–Kier alpha value is -2.00. The summed E-state index contributed by atoms with van der Waals surface area (Å²) in [6.45, 7) is 1.77. The number of hydrogen-bond acceptors (Lipinski definition) is 3. The van der Waals surface area contributed by atoms with Crippen molar-refractivity contribution in [1.82, 2.24) is 5.32 Å².